The summed E-state index contributed by atoms with van der Waals surface area (Å²) in [7, 11) is 0. The Morgan fingerprint density at radius 2 is 1.64 bits per heavy atom. The molecule has 1 aliphatic carbocycles. The van der Waals surface area contributed by atoms with Gasteiger partial charge in [-0.15, -0.1) is 10.2 Å². The zero-order valence-corrected chi connectivity index (χ0v) is 25.0. The number of rotatable bonds is 9. The molecule has 4 heterocycles. The summed E-state index contributed by atoms with van der Waals surface area (Å²) in [5.41, 5.74) is 9.49. The summed E-state index contributed by atoms with van der Waals surface area (Å²) in [5.74, 6) is 1.98. The molecular formula is C32H38N10O3. The van der Waals surface area contributed by atoms with E-state index < -0.39 is 24.5 Å². The van der Waals surface area contributed by atoms with Crippen molar-refractivity contribution in [2.24, 2.45) is 5.73 Å². The van der Waals surface area contributed by atoms with E-state index >= 15 is 0 Å². The lowest BCUT2D eigenvalue weighted by Crippen LogP contribution is -2.33. The van der Waals surface area contributed by atoms with Gasteiger partial charge in [0.2, 0.25) is 5.95 Å². The van der Waals surface area contributed by atoms with Crippen LogP contribution in [0.5, 0.6) is 0 Å². The summed E-state index contributed by atoms with van der Waals surface area (Å²) in [6, 6.07) is 21.1. The van der Waals surface area contributed by atoms with Gasteiger partial charge in [-0.3, -0.25) is 4.57 Å². The molecule has 2 fully saturated rings. The highest BCUT2D eigenvalue weighted by Crippen LogP contribution is 2.39. The van der Waals surface area contributed by atoms with Crippen LogP contribution in [0.2, 0.25) is 0 Å². The van der Waals surface area contributed by atoms with Gasteiger partial charge in [-0.1, -0.05) is 60.7 Å². The molecule has 2 aliphatic rings. The Hall–Kier alpha value is -4.43. The number of hydrogen-bond donors (Lipinski definition) is 6. The molecule has 13 heteroatoms. The second-order valence-corrected chi connectivity index (χ2v) is 12.0. The van der Waals surface area contributed by atoms with Crippen molar-refractivity contribution in [3.8, 4) is 0 Å². The van der Waals surface area contributed by atoms with E-state index in [9.17, 15) is 10.2 Å². The van der Waals surface area contributed by atoms with Gasteiger partial charge in [0.05, 0.1) is 6.33 Å². The number of nitrogens with two attached hydrogens (primary N) is 1. The third kappa shape index (κ3) is 5.99. The lowest BCUT2D eigenvalue weighted by Gasteiger charge is -2.27. The Morgan fingerprint density at radius 1 is 0.956 bits per heavy atom. The number of nitrogens with one attached hydrogen (secondary N) is 3. The van der Waals surface area contributed by atoms with Gasteiger partial charge in [-0.25, -0.2) is 4.98 Å². The van der Waals surface area contributed by atoms with Crippen LogP contribution in [-0.2, 0) is 4.74 Å². The molecule has 4 atom stereocenters. The van der Waals surface area contributed by atoms with Gasteiger partial charge in [0, 0.05) is 24.5 Å². The number of aliphatic hydroxyl groups excluding tert-OH is 2. The van der Waals surface area contributed by atoms with Crippen molar-refractivity contribution in [1.29, 1.82) is 0 Å². The Balaban J connectivity index is 1.23. The summed E-state index contributed by atoms with van der Waals surface area (Å²) < 4.78 is 7.81. The number of aromatic nitrogens is 7. The molecule has 7 N–H and O–H groups in total. The van der Waals surface area contributed by atoms with Crippen LogP contribution in [0, 0.1) is 6.92 Å². The number of aliphatic hydroxyl groups is 2. The Bertz CT molecular complexity index is 1680. The maximum absolute atomic E-state index is 11.1. The number of H-pyrrole nitrogens is 1. The Kier molecular flexibility index (Phi) is 8.15. The van der Waals surface area contributed by atoms with Crippen LogP contribution in [0.15, 0.2) is 67.0 Å². The highest BCUT2D eigenvalue weighted by atomic mass is 16.6. The largest absolute Gasteiger partial charge is 0.387 e. The van der Waals surface area contributed by atoms with Gasteiger partial charge in [0.1, 0.15) is 24.1 Å². The number of aromatic amines is 1. The van der Waals surface area contributed by atoms with Crippen LogP contribution in [0.3, 0.4) is 0 Å². The summed E-state index contributed by atoms with van der Waals surface area (Å²) in [4.78, 5) is 17.4. The van der Waals surface area contributed by atoms with Crippen molar-refractivity contribution < 1.29 is 14.9 Å². The average molecular weight is 611 g/mol. The normalized spacial score (nSPS) is 25.2. The van der Waals surface area contributed by atoms with Crippen molar-refractivity contribution in [3.63, 3.8) is 0 Å². The zero-order valence-electron chi connectivity index (χ0n) is 25.0. The molecule has 234 valence electrons. The number of imidazole rings is 1. The third-order valence-electron chi connectivity index (χ3n) is 8.80. The number of anilines is 2. The molecule has 45 heavy (non-hydrogen) atoms. The van der Waals surface area contributed by atoms with Gasteiger partial charge in [0.15, 0.2) is 29.0 Å². The first-order valence-corrected chi connectivity index (χ1v) is 15.5. The monoisotopic (exact) mass is 610 g/mol. The first-order chi connectivity index (χ1) is 21.9. The quantitative estimate of drug-likeness (QED) is 0.144. The predicted molar refractivity (Wildman–Crippen MR) is 168 cm³/mol. The number of nitrogens with zero attached hydrogens (tertiary/aromatic N) is 6. The summed E-state index contributed by atoms with van der Waals surface area (Å²) in [5, 5.41) is 37.1. The molecule has 1 saturated heterocycles. The molecule has 0 radical (unpaired) electrons. The Labute approximate surface area is 260 Å². The van der Waals surface area contributed by atoms with Gasteiger partial charge >= 0.3 is 0 Å². The molecule has 1 saturated carbocycles. The lowest BCUT2D eigenvalue weighted by atomic mass is 9.91. The smallest absolute Gasteiger partial charge is 0.227 e. The molecule has 0 amide bonds. The van der Waals surface area contributed by atoms with E-state index in [-0.39, 0.29) is 18.0 Å². The minimum Gasteiger partial charge on any atom is -0.387 e. The maximum Gasteiger partial charge on any atom is 0.227 e. The SMILES string of the molecule is Cc1nnc([C@H]2O[C@@H](n3cnc4c(NCC(c5ccccc5)c5ccccc5)nc(N[C@H]5CC[C@H](N)CC5)nc43)[C@H](O)[C@@H]2O)[nH]1. The first-order valence-electron chi connectivity index (χ1n) is 15.5. The van der Waals surface area contributed by atoms with Crippen molar-refractivity contribution in [3.05, 3.63) is 89.8 Å². The molecule has 0 bridgehead atoms. The van der Waals surface area contributed by atoms with Crippen molar-refractivity contribution in [2.45, 2.75) is 75.1 Å². The molecule has 13 nitrogen and oxygen atoms in total. The molecule has 1 aliphatic heterocycles. The molecule has 0 spiro atoms. The fourth-order valence-corrected chi connectivity index (χ4v) is 6.34. The van der Waals surface area contributed by atoms with E-state index in [0.717, 1.165) is 25.7 Å². The van der Waals surface area contributed by atoms with Crippen molar-refractivity contribution in [2.75, 3.05) is 17.2 Å². The summed E-state index contributed by atoms with van der Waals surface area (Å²) in [6.07, 6.45) is 0.904. The molecule has 0 unspecified atom stereocenters. The topological polar surface area (TPSA) is 185 Å². The van der Waals surface area contributed by atoms with Crippen LogP contribution in [0.25, 0.3) is 11.2 Å². The van der Waals surface area contributed by atoms with E-state index in [1.165, 1.54) is 11.1 Å². The number of hydrogen-bond acceptors (Lipinski definition) is 11. The van der Waals surface area contributed by atoms with Crippen LogP contribution < -0.4 is 16.4 Å². The van der Waals surface area contributed by atoms with Crippen LogP contribution in [0.4, 0.5) is 11.8 Å². The third-order valence-corrected chi connectivity index (χ3v) is 8.80. The van der Waals surface area contributed by atoms with Crippen LogP contribution in [-0.4, -0.2) is 75.7 Å². The summed E-state index contributed by atoms with van der Waals surface area (Å²) >= 11 is 0. The van der Waals surface area contributed by atoms with E-state index in [0.29, 0.717) is 41.1 Å². The highest BCUT2D eigenvalue weighted by molar-refractivity contribution is 5.84. The van der Waals surface area contributed by atoms with Crippen LogP contribution >= 0.6 is 0 Å². The first kappa shape index (κ1) is 29.3. The van der Waals surface area contributed by atoms with Gasteiger partial charge in [0.25, 0.3) is 0 Å². The second-order valence-electron chi connectivity index (χ2n) is 12.0. The number of aryl methyl sites for hydroxylation is 1. The van der Waals surface area contributed by atoms with E-state index in [4.69, 9.17) is 20.4 Å². The molecule has 5 aromatic rings. The van der Waals surface area contributed by atoms with E-state index in [1.54, 1.807) is 17.8 Å². The lowest BCUT2D eigenvalue weighted by molar-refractivity contribution is -0.0382. The van der Waals surface area contributed by atoms with Gasteiger partial charge in [-0.2, -0.15) is 9.97 Å². The zero-order chi connectivity index (χ0) is 30.9. The fraction of sp³-hybridized carbons (Fsp3) is 0.406. The summed E-state index contributed by atoms with van der Waals surface area (Å²) in [6.45, 7) is 2.31. The molecule has 3 aromatic heterocycles. The molecule has 2 aromatic carbocycles. The van der Waals surface area contributed by atoms with Crippen molar-refractivity contribution in [1.82, 2.24) is 34.7 Å². The molecule has 7 rings (SSSR count). The van der Waals surface area contributed by atoms with Gasteiger partial charge in [-0.05, 0) is 43.7 Å². The number of fused-ring (bicyclic) bond motifs is 1. The number of ether oxygens (including phenoxy) is 1. The highest BCUT2D eigenvalue weighted by Gasteiger charge is 2.46. The Morgan fingerprint density at radius 3 is 2.29 bits per heavy atom. The number of benzene rings is 2. The average Bonchev–Trinajstić information content (AvgIpc) is 3.76. The fourth-order valence-electron chi connectivity index (χ4n) is 6.34. The maximum atomic E-state index is 11.1. The predicted octanol–water partition coefficient (Wildman–Crippen LogP) is 3.17. The molecular weight excluding hydrogens is 572 g/mol. The van der Waals surface area contributed by atoms with Crippen LogP contribution in [0.1, 0.15) is 66.7 Å². The standard InChI is InChI=1S/C32H38N10O3/c1-18-36-29(41-40-18)27-25(43)26(44)31(45-27)42-17-35-24-28(38-32(39-30(24)42)37-22-14-12-21(33)13-15-22)34-16-23(19-8-4-2-5-9-19)20-10-6-3-7-11-20/h2-11,17,21-23,25-27,31,43-44H,12-16,33H2,1H3,(H,36,40,41)(H2,34,37,38,39)/t21-,22-,25-,26+,27-,31+/m0/s1. The second kappa shape index (κ2) is 12.5. The minimum absolute atomic E-state index is 0.0528. The van der Waals surface area contributed by atoms with Crippen molar-refractivity contribution >= 4 is 22.9 Å². The van der Waals surface area contributed by atoms with E-state index in [2.05, 4.69) is 55.1 Å². The van der Waals surface area contributed by atoms with Gasteiger partial charge < -0.3 is 36.3 Å². The van der Waals surface area contributed by atoms with E-state index in [1.807, 2.05) is 36.4 Å². The minimum atomic E-state index is -1.26.